The number of nitro groups is 1. The second kappa shape index (κ2) is 8.62. The average Bonchev–Trinajstić information content (AvgIpc) is 2.71. The molecule has 3 rings (SSSR count). The lowest BCUT2D eigenvalue weighted by Crippen LogP contribution is -2.39. The number of pyridine rings is 1. The third-order valence-corrected chi connectivity index (χ3v) is 4.68. The first-order valence-electron chi connectivity index (χ1n) is 8.88. The van der Waals surface area contributed by atoms with Gasteiger partial charge < -0.3 is 10.4 Å². The van der Waals surface area contributed by atoms with Crippen molar-refractivity contribution in [2.24, 2.45) is 0 Å². The highest BCUT2D eigenvalue weighted by molar-refractivity contribution is 7.81. The molecule has 0 radical (unpaired) electrons. The summed E-state index contributed by atoms with van der Waals surface area (Å²) in [6.07, 6.45) is 3.46. The van der Waals surface area contributed by atoms with Crippen molar-refractivity contribution in [3.8, 4) is 0 Å². The lowest BCUT2D eigenvalue weighted by Gasteiger charge is -2.17. The van der Waals surface area contributed by atoms with Crippen LogP contribution in [0.1, 0.15) is 16.7 Å². The number of nitrogens with zero attached hydrogens (tertiary/aromatic N) is 2. The molecule has 1 N–H and O–H groups in total. The van der Waals surface area contributed by atoms with Crippen LogP contribution in [-0.4, -0.2) is 9.91 Å². The third kappa shape index (κ3) is 4.64. The van der Waals surface area contributed by atoms with E-state index in [1.165, 1.54) is 24.3 Å². The molecule has 2 aromatic carbocycles. The maximum absolute atomic E-state index is 13.3. The summed E-state index contributed by atoms with van der Waals surface area (Å²) < 4.78 is 1.64. The smallest absolute Gasteiger partial charge is 0.269 e. The summed E-state index contributed by atoms with van der Waals surface area (Å²) in [5, 5.41) is 27.3. The van der Waals surface area contributed by atoms with Gasteiger partial charge in [-0.05, 0) is 54.5 Å². The Labute approximate surface area is 173 Å². The molecular formula is C22H19N3O3S. The number of thiocarbonyl (C=S) groups is 1. The minimum Gasteiger partial charge on any atom is -0.867 e. The summed E-state index contributed by atoms with van der Waals surface area (Å²) in [4.78, 5) is 10.6. The predicted octanol–water partition coefficient (Wildman–Crippen LogP) is 3.62. The van der Waals surface area contributed by atoms with Crippen molar-refractivity contribution in [3.05, 3.63) is 99.9 Å². The minimum atomic E-state index is -0.502. The lowest BCUT2D eigenvalue weighted by atomic mass is 10.1. The van der Waals surface area contributed by atoms with Crippen molar-refractivity contribution >= 4 is 40.0 Å². The molecule has 0 unspecified atom stereocenters. The number of rotatable bonds is 5. The molecule has 7 heteroatoms. The molecule has 29 heavy (non-hydrogen) atoms. The molecule has 0 saturated heterocycles. The van der Waals surface area contributed by atoms with Crippen LogP contribution in [0.5, 0.6) is 0 Å². The number of benzene rings is 2. The number of hydrogen-bond acceptors (Lipinski definition) is 4. The summed E-state index contributed by atoms with van der Waals surface area (Å²) in [6.45, 7) is 3.93. The van der Waals surface area contributed by atoms with Gasteiger partial charge in [-0.15, -0.1) is 0 Å². The molecule has 0 atom stereocenters. The van der Waals surface area contributed by atoms with E-state index in [0.717, 1.165) is 16.8 Å². The van der Waals surface area contributed by atoms with Gasteiger partial charge in [0, 0.05) is 30.0 Å². The van der Waals surface area contributed by atoms with Crippen LogP contribution in [0.15, 0.2) is 73.1 Å². The molecule has 0 aliphatic carbocycles. The Morgan fingerprint density at radius 2 is 1.69 bits per heavy atom. The highest BCUT2D eigenvalue weighted by Gasteiger charge is 2.19. The molecule has 6 nitrogen and oxygen atoms in total. The third-order valence-electron chi connectivity index (χ3n) is 4.39. The Kier molecular flexibility index (Phi) is 5.99. The number of nitrogens with one attached hydrogen (secondary N) is 1. The molecule has 0 spiro atoms. The zero-order valence-corrected chi connectivity index (χ0v) is 16.8. The quantitative estimate of drug-likeness (QED) is 0.175. The Morgan fingerprint density at radius 3 is 2.31 bits per heavy atom. The van der Waals surface area contributed by atoms with Gasteiger partial charge >= 0.3 is 0 Å². The fraction of sp³-hybridized carbons (Fsp3) is 0.0909. The summed E-state index contributed by atoms with van der Waals surface area (Å²) in [6, 6.07) is 16.9. The molecule has 3 aromatic rings. The zero-order valence-electron chi connectivity index (χ0n) is 16.0. The fourth-order valence-electron chi connectivity index (χ4n) is 2.81. The van der Waals surface area contributed by atoms with Crippen LogP contribution in [0.4, 0.5) is 11.4 Å². The van der Waals surface area contributed by atoms with E-state index in [1.54, 1.807) is 29.1 Å². The maximum Gasteiger partial charge on any atom is 0.269 e. The topological polar surface area (TPSA) is 82.1 Å². The van der Waals surface area contributed by atoms with Crippen molar-refractivity contribution in [1.82, 2.24) is 0 Å². The van der Waals surface area contributed by atoms with Crippen LogP contribution in [0.3, 0.4) is 0 Å². The van der Waals surface area contributed by atoms with Gasteiger partial charge in [0.25, 0.3) is 5.69 Å². The first-order chi connectivity index (χ1) is 13.9. The number of aromatic nitrogens is 1. The molecule has 0 amide bonds. The second-order valence-corrected chi connectivity index (χ2v) is 6.95. The Hall–Kier alpha value is -3.58. The van der Waals surface area contributed by atoms with Crippen molar-refractivity contribution in [2.75, 3.05) is 5.32 Å². The second-order valence-electron chi connectivity index (χ2n) is 6.54. The van der Waals surface area contributed by atoms with Gasteiger partial charge in [0.05, 0.1) is 4.92 Å². The van der Waals surface area contributed by atoms with E-state index in [1.807, 2.05) is 38.1 Å². The molecule has 0 bridgehead atoms. The maximum atomic E-state index is 13.3. The Bertz CT molecular complexity index is 1090. The summed E-state index contributed by atoms with van der Waals surface area (Å²) in [7, 11) is 0. The van der Waals surface area contributed by atoms with Crippen molar-refractivity contribution in [3.63, 3.8) is 0 Å². The van der Waals surface area contributed by atoms with Gasteiger partial charge in [-0.25, -0.2) is 0 Å². The van der Waals surface area contributed by atoms with Gasteiger partial charge in [-0.2, -0.15) is 4.57 Å². The van der Waals surface area contributed by atoms with Gasteiger partial charge in [-0.3, -0.25) is 10.1 Å². The Morgan fingerprint density at radius 1 is 1.03 bits per heavy atom. The number of anilines is 1. The minimum absolute atomic E-state index is 0.0773. The van der Waals surface area contributed by atoms with E-state index in [9.17, 15) is 15.2 Å². The van der Waals surface area contributed by atoms with E-state index < -0.39 is 4.92 Å². The average molecular weight is 405 g/mol. The monoisotopic (exact) mass is 405 g/mol. The zero-order chi connectivity index (χ0) is 21.0. The number of aryl methyl sites for hydroxylation is 2. The van der Waals surface area contributed by atoms with Crippen molar-refractivity contribution in [1.29, 1.82) is 0 Å². The van der Waals surface area contributed by atoms with Gasteiger partial charge in [0.1, 0.15) is 0 Å². The van der Waals surface area contributed by atoms with Crippen molar-refractivity contribution in [2.45, 2.75) is 13.8 Å². The molecule has 0 aliphatic heterocycles. The lowest BCUT2D eigenvalue weighted by molar-refractivity contribution is -0.577. The van der Waals surface area contributed by atoms with E-state index in [2.05, 4.69) is 5.32 Å². The standard InChI is InChI=1S/C22H19N3O3S/c1-15-6-7-16(2)19(14-15)23-22(29)20(24-12-4-3-5-13-24)21(26)17-8-10-18(11-9-17)25(27)28/h3-14H,1-2H3,(H-,23,26,29). The van der Waals surface area contributed by atoms with E-state index >= 15 is 0 Å². The molecule has 146 valence electrons. The molecule has 0 fully saturated rings. The molecular weight excluding hydrogens is 386 g/mol. The summed E-state index contributed by atoms with van der Waals surface area (Å²) in [5.74, 6) is -0.334. The molecule has 0 saturated carbocycles. The van der Waals surface area contributed by atoms with Crippen molar-refractivity contribution < 1.29 is 14.6 Å². The van der Waals surface area contributed by atoms with Crippen LogP contribution < -0.4 is 15.0 Å². The highest BCUT2D eigenvalue weighted by atomic mass is 32.1. The predicted molar refractivity (Wildman–Crippen MR) is 115 cm³/mol. The molecule has 1 heterocycles. The number of hydrogen-bond donors (Lipinski definition) is 1. The van der Waals surface area contributed by atoms with Crippen LogP contribution in [0.25, 0.3) is 11.5 Å². The first kappa shape index (κ1) is 20.2. The van der Waals surface area contributed by atoms with Crippen LogP contribution in [0, 0.1) is 24.0 Å². The Balaban J connectivity index is 2.07. The van der Waals surface area contributed by atoms with E-state index in [0.29, 0.717) is 5.56 Å². The van der Waals surface area contributed by atoms with E-state index in [-0.39, 0.29) is 22.1 Å². The SMILES string of the molecule is Cc1ccc(C)c(NC(=S)C(=C([O-])c2ccc([N+](=O)[O-])cc2)[n+]2ccccc2)c1. The van der Waals surface area contributed by atoms with Crippen LogP contribution in [-0.2, 0) is 0 Å². The largest absolute Gasteiger partial charge is 0.867 e. The first-order valence-corrected chi connectivity index (χ1v) is 9.29. The van der Waals surface area contributed by atoms with Gasteiger partial charge in [0.15, 0.2) is 17.4 Å². The van der Waals surface area contributed by atoms with Crippen LogP contribution in [0.2, 0.25) is 0 Å². The van der Waals surface area contributed by atoms with Gasteiger partial charge in [-0.1, -0.05) is 30.4 Å². The summed E-state index contributed by atoms with van der Waals surface area (Å²) >= 11 is 5.59. The normalized spacial score (nSPS) is 11.5. The number of non-ortho nitro benzene ring substituents is 1. The molecule has 0 aliphatic rings. The molecule has 1 aromatic heterocycles. The van der Waals surface area contributed by atoms with Gasteiger partial charge in [0.2, 0.25) is 5.70 Å². The summed E-state index contributed by atoms with van der Waals surface area (Å²) in [5.41, 5.74) is 3.38. The van der Waals surface area contributed by atoms with E-state index in [4.69, 9.17) is 12.2 Å². The van der Waals surface area contributed by atoms with Crippen LogP contribution >= 0.6 is 12.2 Å². The highest BCUT2D eigenvalue weighted by Crippen LogP contribution is 2.22. The fourth-order valence-corrected chi connectivity index (χ4v) is 3.12. The number of nitro benzene ring substituents is 1.